The van der Waals surface area contributed by atoms with Gasteiger partial charge in [-0.1, -0.05) is 11.6 Å². The molecule has 0 bridgehead atoms. The lowest BCUT2D eigenvalue weighted by Gasteiger charge is -2.35. The molecular weight excluding hydrogens is 397 g/mol. The van der Waals surface area contributed by atoms with E-state index in [0.717, 1.165) is 25.7 Å². The van der Waals surface area contributed by atoms with Crippen molar-refractivity contribution >= 4 is 35.0 Å². The third-order valence-corrected chi connectivity index (χ3v) is 6.13. The van der Waals surface area contributed by atoms with Crippen LogP contribution >= 0.6 is 11.6 Å². The summed E-state index contributed by atoms with van der Waals surface area (Å²) in [6, 6.07) is 3.71. The average Bonchev–Trinajstić information content (AvgIpc) is 3.14. The molecule has 0 radical (unpaired) electrons. The number of rotatable bonds is 6. The minimum atomic E-state index is -0.519. The Hall–Kier alpha value is -2.15. The summed E-state index contributed by atoms with van der Waals surface area (Å²) in [4.78, 5) is 40.2. The molecule has 1 aromatic carbocycles. The summed E-state index contributed by atoms with van der Waals surface area (Å²) in [6.45, 7) is 3.79. The maximum absolute atomic E-state index is 13.2. The number of anilines is 1. The van der Waals surface area contributed by atoms with E-state index in [0.29, 0.717) is 44.1 Å². The van der Waals surface area contributed by atoms with Gasteiger partial charge in [-0.3, -0.25) is 14.4 Å². The van der Waals surface area contributed by atoms with Gasteiger partial charge in [-0.25, -0.2) is 4.39 Å². The minimum Gasteiger partial charge on any atom is -0.341 e. The number of likely N-dealkylation sites (tertiary alicyclic amines) is 2. The van der Waals surface area contributed by atoms with Gasteiger partial charge >= 0.3 is 0 Å². The van der Waals surface area contributed by atoms with Gasteiger partial charge in [-0.05, 0) is 56.7 Å². The second-order valence-corrected chi connectivity index (χ2v) is 8.26. The fourth-order valence-electron chi connectivity index (χ4n) is 4.05. The van der Waals surface area contributed by atoms with Crippen molar-refractivity contribution in [3.8, 4) is 0 Å². The van der Waals surface area contributed by atoms with E-state index in [1.54, 1.807) is 4.90 Å². The van der Waals surface area contributed by atoms with Crippen molar-refractivity contribution in [3.05, 3.63) is 29.0 Å². The summed E-state index contributed by atoms with van der Waals surface area (Å²) < 4.78 is 13.2. The maximum atomic E-state index is 13.2. The SMILES string of the molecule is C[C@H](C(=O)N1CCC(CCC(=O)Nc2ccc(F)c(Cl)c2)CC1)N1CCCC1=O. The molecule has 8 heteroatoms. The first-order chi connectivity index (χ1) is 13.8. The lowest BCUT2D eigenvalue weighted by atomic mass is 9.91. The lowest BCUT2D eigenvalue weighted by molar-refractivity contribution is -0.143. The van der Waals surface area contributed by atoms with Crippen molar-refractivity contribution in [2.75, 3.05) is 25.0 Å². The summed E-state index contributed by atoms with van der Waals surface area (Å²) in [7, 11) is 0. The molecule has 0 unspecified atom stereocenters. The summed E-state index contributed by atoms with van der Waals surface area (Å²) in [5, 5.41) is 2.71. The maximum Gasteiger partial charge on any atom is 0.245 e. The number of hydrogen-bond donors (Lipinski definition) is 1. The molecule has 3 rings (SSSR count). The zero-order valence-corrected chi connectivity index (χ0v) is 17.4. The molecule has 29 heavy (non-hydrogen) atoms. The van der Waals surface area contributed by atoms with Gasteiger partial charge in [0.1, 0.15) is 11.9 Å². The van der Waals surface area contributed by atoms with Crippen LogP contribution in [-0.4, -0.2) is 53.2 Å². The van der Waals surface area contributed by atoms with Crippen LogP contribution in [0.2, 0.25) is 5.02 Å². The van der Waals surface area contributed by atoms with Crippen LogP contribution in [0.25, 0.3) is 0 Å². The van der Waals surface area contributed by atoms with Crippen LogP contribution in [0.1, 0.15) is 45.4 Å². The molecule has 6 nitrogen and oxygen atoms in total. The van der Waals surface area contributed by atoms with Crippen LogP contribution in [0, 0.1) is 11.7 Å². The number of halogens is 2. The molecule has 2 aliphatic heterocycles. The van der Waals surface area contributed by atoms with E-state index in [1.807, 2.05) is 11.8 Å². The third kappa shape index (κ3) is 5.47. The van der Waals surface area contributed by atoms with Gasteiger partial charge in [0.15, 0.2) is 0 Å². The number of benzene rings is 1. The number of hydrogen-bond acceptors (Lipinski definition) is 3. The molecule has 1 atom stereocenters. The van der Waals surface area contributed by atoms with Gasteiger partial charge in [0.05, 0.1) is 5.02 Å². The van der Waals surface area contributed by atoms with Crippen LogP contribution in [-0.2, 0) is 14.4 Å². The number of nitrogens with zero attached hydrogens (tertiary/aromatic N) is 2. The Kier molecular flexibility index (Phi) is 7.11. The molecule has 0 spiro atoms. The topological polar surface area (TPSA) is 69.7 Å². The quantitative estimate of drug-likeness (QED) is 0.761. The highest BCUT2D eigenvalue weighted by Gasteiger charge is 2.33. The summed E-state index contributed by atoms with van der Waals surface area (Å²) in [5.74, 6) is -0.189. The van der Waals surface area contributed by atoms with E-state index < -0.39 is 11.9 Å². The predicted octanol–water partition coefficient (Wildman–Crippen LogP) is 3.45. The molecule has 0 saturated carbocycles. The Balaban J connectivity index is 1.40. The van der Waals surface area contributed by atoms with Crippen molar-refractivity contribution in [1.29, 1.82) is 0 Å². The second-order valence-electron chi connectivity index (χ2n) is 7.85. The zero-order chi connectivity index (χ0) is 21.0. The molecule has 2 fully saturated rings. The summed E-state index contributed by atoms with van der Waals surface area (Å²) in [5.41, 5.74) is 0.479. The highest BCUT2D eigenvalue weighted by atomic mass is 35.5. The van der Waals surface area contributed by atoms with E-state index >= 15 is 0 Å². The molecule has 2 heterocycles. The van der Waals surface area contributed by atoms with E-state index in [9.17, 15) is 18.8 Å². The van der Waals surface area contributed by atoms with Crippen LogP contribution in [0.5, 0.6) is 0 Å². The predicted molar refractivity (Wildman–Crippen MR) is 109 cm³/mol. The van der Waals surface area contributed by atoms with Crippen molar-refractivity contribution < 1.29 is 18.8 Å². The van der Waals surface area contributed by atoms with Crippen LogP contribution < -0.4 is 5.32 Å². The number of piperidine rings is 1. The van der Waals surface area contributed by atoms with Gasteiger partial charge in [0.2, 0.25) is 17.7 Å². The van der Waals surface area contributed by atoms with Crippen LogP contribution in [0.4, 0.5) is 10.1 Å². The van der Waals surface area contributed by atoms with E-state index in [-0.39, 0.29) is 22.7 Å². The van der Waals surface area contributed by atoms with Gasteiger partial charge in [0.25, 0.3) is 0 Å². The van der Waals surface area contributed by atoms with Crippen LogP contribution in [0.15, 0.2) is 18.2 Å². The average molecular weight is 424 g/mol. The Bertz CT molecular complexity index is 780. The fraction of sp³-hybridized carbons (Fsp3) is 0.571. The zero-order valence-electron chi connectivity index (χ0n) is 16.6. The van der Waals surface area contributed by atoms with E-state index in [2.05, 4.69) is 5.32 Å². The van der Waals surface area contributed by atoms with Crippen molar-refractivity contribution in [2.45, 2.75) is 51.5 Å². The second kappa shape index (κ2) is 9.57. The summed E-state index contributed by atoms with van der Waals surface area (Å²) >= 11 is 5.73. The first-order valence-electron chi connectivity index (χ1n) is 10.2. The first-order valence-corrected chi connectivity index (χ1v) is 10.6. The number of carbonyl (C=O) groups is 3. The number of amides is 3. The van der Waals surface area contributed by atoms with Crippen molar-refractivity contribution in [3.63, 3.8) is 0 Å². The Morgan fingerprint density at radius 2 is 2.00 bits per heavy atom. The van der Waals surface area contributed by atoms with Crippen molar-refractivity contribution in [1.82, 2.24) is 9.80 Å². The van der Waals surface area contributed by atoms with Crippen molar-refractivity contribution in [2.24, 2.45) is 5.92 Å². The van der Waals surface area contributed by atoms with Gasteiger partial charge < -0.3 is 15.1 Å². The van der Waals surface area contributed by atoms with Gasteiger partial charge in [-0.15, -0.1) is 0 Å². The molecule has 1 aromatic rings. The molecule has 3 amide bonds. The minimum absolute atomic E-state index is 0.0182. The lowest BCUT2D eigenvalue weighted by Crippen LogP contribution is -2.49. The first kappa shape index (κ1) is 21.6. The van der Waals surface area contributed by atoms with Gasteiger partial charge in [-0.2, -0.15) is 0 Å². The van der Waals surface area contributed by atoms with E-state index in [1.165, 1.54) is 18.2 Å². The Morgan fingerprint density at radius 1 is 1.28 bits per heavy atom. The monoisotopic (exact) mass is 423 g/mol. The smallest absolute Gasteiger partial charge is 0.245 e. The highest BCUT2D eigenvalue weighted by molar-refractivity contribution is 6.31. The summed E-state index contributed by atoms with van der Waals surface area (Å²) in [6.07, 6.45) is 4.16. The fourth-order valence-corrected chi connectivity index (χ4v) is 4.23. The standard InChI is InChI=1S/C21H27ClFN3O3/c1-14(26-10-2-3-20(26)28)21(29)25-11-8-15(9-12-25)4-7-19(27)24-16-5-6-18(23)17(22)13-16/h5-6,13-15H,2-4,7-12H2,1H3,(H,24,27)/t14-/m1/s1. The molecule has 0 aliphatic carbocycles. The largest absolute Gasteiger partial charge is 0.341 e. The van der Waals surface area contributed by atoms with Crippen LogP contribution in [0.3, 0.4) is 0 Å². The normalized spacial score (nSPS) is 18.8. The molecule has 2 saturated heterocycles. The van der Waals surface area contributed by atoms with Gasteiger partial charge in [0, 0.05) is 38.2 Å². The number of carbonyl (C=O) groups excluding carboxylic acids is 3. The molecular formula is C21H27ClFN3O3. The van der Waals surface area contributed by atoms with E-state index in [4.69, 9.17) is 11.6 Å². The number of nitrogens with one attached hydrogen (secondary N) is 1. The molecule has 0 aromatic heterocycles. The molecule has 1 N–H and O–H groups in total. The molecule has 2 aliphatic rings. The Morgan fingerprint density at radius 3 is 2.62 bits per heavy atom. The highest BCUT2D eigenvalue weighted by Crippen LogP contribution is 2.25. The Labute approximate surface area is 175 Å². The third-order valence-electron chi connectivity index (χ3n) is 5.84. The molecule has 158 valence electrons.